The quantitative estimate of drug-likeness (QED) is 0.656. The van der Waals surface area contributed by atoms with E-state index in [1.54, 1.807) is 42.5 Å². The number of carbonyl (C=O) groups is 2. The zero-order valence-corrected chi connectivity index (χ0v) is 14.7. The Morgan fingerprint density at radius 1 is 1.00 bits per heavy atom. The Morgan fingerprint density at radius 3 is 2.41 bits per heavy atom. The van der Waals surface area contributed by atoms with Crippen molar-refractivity contribution in [3.8, 4) is 22.8 Å². The molecule has 0 aliphatic carbocycles. The molecule has 27 heavy (non-hydrogen) atoms. The van der Waals surface area contributed by atoms with Gasteiger partial charge in [-0.15, -0.1) is 0 Å². The van der Waals surface area contributed by atoms with Crippen LogP contribution in [0.1, 0.15) is 17.3 Å². The molecule has 7 heteroatoms. The molecule has 0 spiro atoms. The predicted octanol–water partition coefficient (Wildman–Crippen LogP) is 3.01. The monoisotopic (exact) mass is 367 g/mol. The van der Waals surface area contributed by atoms with Gasteiger partial charge in [0.05, 0.1) is 17.3 Å². The average molecular weight is 367 g/mol. The molecule has 0 aliphatic heterocycles. The average Bonchev–Trinajstić information content (AvgIpc) is 3.15. The Labute approximate surface area is 155 Å². The number of nitrogens with one attached hydrogen (secondary N) is 2. The van der Waals surface area contributed by atoms with Crippen molar-refractivity contribution in [3.05, 3.63) is 66.1 Å². The van der Waals surface area contributed by atoms with Crippen LogP contribution in [0.15, 0.2) is 59.1 Å². The Morgan fingerprint density at radius 2 is 1.67 bits per heavy atom. The zero-order valence-electron chi connectivity index (χ0n) is 14.7. The minimum Gasteiger partial charge on any atom is -0.436 e. The lowest BCUT2D eigenvalue weighted by Crippen LogP contribution is -2.33. The fourth-order valence-electron chi connectivity index (χ4n) is 2.56. The van der Waals surface area contributed by atoms with Crippen LogP contribution in [-0.4, -0.2) is 29.9 Å². The normalized spacial score (nSPS) is 10.4. The van der Waals surface area contributed by atoms with Gasteiger partial charge in [-0.05, 0) is 24.3 Å². The fourth-order valence-corrected chi connectivity index (χ4v) is 2.56. The molecular formula is C20H18FN3O3. The summed E-state index contributed by atoms with van der Waals surface area (Å²) < 4.78 is 19.6. The number of hydrogen-bond acceptors (Lipinski definition) is 4. The fraction of sp³-hybridized carbons (Fsp3) is 0.150. The zero-order chi connectivity index (χ0) is 19.2. The number of nitrogens with zero attached hydrogens (tertiary/aromatic N) is 1. The molecule has 0 saturated carbocycles. The highest BCUT2D eigenvalue weighted by Gasteiger charge is 2.17. The third-order valence-corrected chi connectivity index (χ3v) is 3.83. The molecule has 2 N–H and O–H groups in total. The number of oxazole rings is 1. The van der Waals surface area contributed by atoms with E-state index in [4.69, 9.17) is 4.42 Å². The first-order valence-corrected chi connectivity index (χ1v) is 8.39. The number of amides is 2. The number of hydrogen-bond donors (Lipinski definition) is 2. The van der Waals surface area contributed by atoms with Gasteiger partial charge >= 0.3 is 0 Å². The minimum atomic E-state index is -0.413. The van der Waals surface area contributed by atoms with Gasteiger partial charge in [-0.1, -0.05) is 24.3 Å². The first-order valence-electron chi connectivity index (χ1n) is 8.39. The van der Waals surface area contributed by atoms with Gasteiger partial charge in [-0.3, -0.25) is 9.59 Å². The Hall–Kier alpha value is -3.48. The van der Waals surface area contributed by atoms with Crippen molar-refractivity contribution in [3.63, 3.8) is 0 Å². The highest BCUT2D eigenvalue weighted by Crippen LogP contribution is 2.29. The van der Waals surface area contributed by atoms with E-state index in [-0.39, 0.29) is 23.5 Å². The van der Waals surface area contributed by atoms with Crippen molar-refractivity contribution in [2.45, 2.75) is 6.92 Å². The molecule has 3 rings (SSSR count). The smallest absolute Gasteiger partial charge is 0.252 e. The first-order chi connectivity index (χ1) is 13.1. The van der Waals surface area contributed by atoms with Crippen LogP contribution in [-0.2, 0) is 4.79 Å². The van der Waals surface area contributed by atoms with Gasteiger partial charge in [0.1, 0.15) is 5.82 Å². The maximum Gasteiger partial charge on any atom is 0.252 e. The second kappa shape index (κ2) is 8.27. The summed E-state index contributed by atoms with van der Waals surface area (Å²) in [4.78, 5) is 27.5. The number of benzene rings is 2. The van der Waals surface area contributed by atoms with E-state index < -0.39 is 5.82 Å². The summed E-state index contributed by atoms with van der Waals surface area (Å²) in [5.74, 6) is -0.388. The van der Waals surface area contributed by atoms with Gasteiger partial charge in [0.25, 0.3) is 5.91 Å². The summed E-state index contributed by atoms with van der Waals surface area (Å²) in [7, 11) is 0. The molecule has 0 fully saturated rings. The molecule has 0 aliphatic rings. The van der Waals surface area contributed by atoms with E-state index in [9.17, 15) is 14.0 Å². The first kappa shape index (κ1) is 18.3. The number of halogens is 1. The third kappa shape index (κ3) is 4.38. The molecule has 0 atom stereocenters. The van der Waals surface area contributed by atoms with E-state index >= 15 is 0 Å². The number of carbonyl (C=O) groups excluding carboxylic acids is 2. The summed E-state index contributed by atoms with van der Waals surface area (Å²) in [6.07, 6.45) is 1.43. The Balaban J connectivity index is 1.81. The third-order valence-electron chi connectivity index (χ3n) is 3.83. The number of aromatic nitrogens is 1. The van der Waals surface area contributed by atoms with Crippen molar-refractivity contribution < 1.29 is 18.4 Å². The molecular weight excluding hydrogens is 349 g/mol. The topological polar surface area (TPSA) is 84.2 Å². The summed E-state index contributed by atoms with van der Waals surface area (Å²) in [6.45, 7) is 2.03. The molecule has 1 aromatic heterocycles. The van der Waals surface area contributed by atoms with E-state index in [0.29, 0.717) is 29.8 Å². The van der Waals surface area contributed by atoms with Crippen LogP contribution in [0.2, 0.25) is 0 Å². The minimum absolute atomic E-state index is 0.162. The number of rotatable bonds is 6. The van der Waals surface area contributed by atoms with Crippen molar-refractivity contribution in [2.75, 3.05) is 13.1 Å². The SMILES string of the molecule is CC(=O)NCCNC(=O)c1ccccc1-c1ncc(-c2ccccc2F)o1. The highest BCUT2D eigenvalue weighted by atomic mass is 19.1. The van der Waals surface area contributed by atoms with Crippen LogP contribution >= 0.6 is 0 Å². The van der Waals surface area contributed by atoms with Gasteiger partial charge in [-0.2, -0.15) is 0 Å². The summed E-state index contributed by atoms with van der Waals surface area (Å²) in [5, 5.41) is 5.33. The lowest BCUT2D eigenvalue weighted by Gasteiger charge is -2.08. The summed E-state index contributed by atoms with van der Waals surface area (Å²) in [5.41, 5.74) is 1.17. The van der Waals surface area contributed by atoms with Crippen molar-refractivity contribution in [1.82, 2.24) is 15.6 Å². The lowest BCUT2D eigenvalue weighted by molar-refractivity contribution is -0.118. The molecule has 2 amide bonds. The molecule has 0 saturated heterocycles. The van der Waals surface area contributed by atoms with Crippen molar-refractivity contribution in [2.24, 2.45) is 0 Å². The Kier molecular flexibility index (Phi) is 5.61. The van der Waals surface area contributed by atoms with Gasteiger partial charge in [0.2, 0.25) is 11.8 Å². The van der Waals surface area contributed by atoms with E-state index in [1.165, 1.54) is 19.2 Å². The molecule has 0 bridgehead atoms. The maximum atomic E-state index is 13.9. The summed E-state index contributed by atoms with van der Waals surface area (Å²) in [6, 6.07) is 13.1. The molecule has 6 nitrogen and oxygen atoms in total. The van der Waals surface area contributed by atoms with Crippen LogP contribution < -0.4 is 10.6 Å². The molecule has 2 aromatic carbocycles. The van der Waals surface area contributed by atoms with Crippen molar-refractivity contribution >= 4 is 11.8 Å². The second-order valence-corrected chi connectivity index (χ2v) is 5.79. The summed E-state index contributed by atoms with van der Waals surface area (Å²) >= 11 is 0. The van der Waals surface area contributed by atoms with E-state index in [1.807, 2.05) is 0 Å². The van der Waals surface area contributed by atoms with Crippen molar-refractivity contribution in [1.29, 1.82) is 0 Å². The van der Waals surface area contributed by atoms with Crippen LogP contribution in [0, 0.1) is 5.82 Å². The van der Waals surface area contributed by atoms with Crippen LogP contribution in [0.25, 0.3) is 22.8 Å². The second-order valence-electron chi connectivity index (χ2n) is 5.79. The standard InChI is InChI=1S/C20H18FN3O3/c1-13(25)22-10-11-23-19(26)14-6-2-3-7-15(14)20-24-12-18(27-20)16-8-4-5-9-17(16)21/h2-9,12H,10-11H2,1H3,(H,22,25)(H,23,26). The maximum absolute atomic E-state index is 13.9. The van der Waals surface area contributed by atoms with Crippen LogP contribution in [0.3, 0.4) is 0 Å². The molecule has 0 unspecified atom stereocenters. The van der Waals surface area contributed by atoms with E-state index in [2.05, 4.69) is 15.6 Å². The van der Waals surface area contributed by atoms with Gasteiger partial charge < -0.3 is 15.1 Å². The van der Waals surface area contributed by atoms with E-state index in [0.717, 1.165) is 0 Å². The van der Waals surface area contributed by atoms with Gasteiger partial charge in [0, 0.05) is 25.6 Å². The predicted molar refractivity (Wildman–Crippen MR) is 98.3 cm³/mol. The highest BCUT2D eigenvalue weighted by molar-refractivity contribution is 6.00. The van der Waals surface area contributed by atoms with Crippen LogP contribution in [0.4, 0.5) is 4.39 Å². The Bertz CT molecular complexity index is 968. The lowest BCUT2D eigenvalue weighted by atomic mass is 10.1. The molecule has 3 aromatic rings. The molecule has 0 radical (unpaired) electrons. The molecule has 138 valence electrons. The van der Waals surface area contributed by atoms with Gasteiger partial charge in [-0.25, -0.2) is 9.37 Å². The van der Waals surface area contributed by atoms with Crippen LogP contribution in [0.5, 0.6) is 0 Å². The molecule has 1 heterocycles. The van der Waals surface area contributed by atoms with Gasteiger partial charge in [0.15, 0.2) is 5.76 Å². The largest absolute Gasteiger partial charge is 0.436 e.